The number of hydrogen-bond acceptors (Lipinski definition) is 5. The lowest BCUT2D eigenvalue weighted by Gasteiger charge is -2.10. The van der Waals surface area contributed by atoms with Gasteiger partial charge in [0.1, 0.15) is 11.3 Å². The van der Waals surface area contributed by atoms with Gasteiger partial charge in [-0.1, -0.05) is 23.8 Å². The fourth-order valence-corrected chi connectivity index (χ4v) is 2.17. The number of esters is 1. The van der Waals surface area contributed by atoms with Gasteiger partial charge in [-0.05, 0) is 43.7 Å². The highest BCUT2D eigenvalue weighted by Gasteiger charge is 2.18. The zero-order valence-corrected chi connectivity index (χ0v) is 12.9. The summed E-state index contributed by atoms with van der Waals surface area (Å²) < 4.78 is 31.9. The number of aryl methyl sites for hydroxylation is 2. The van der Waals surface area contributed by atoms with Crippen LogP contribution in [0.3, 0.4) is 0 Å². The number of carbonyl (C=O) groups is 1. The van der Waals surface area contributed by atoms with E-state index in [9.17, 15) is 13.2 Å². The molecule has 2 N–H and O–H groups in total. The van der Waals surface area contributed by atoms with Gasteiger partial charge in [-0.2, -0.15) is 13.6 Å². The lowest BCUT2D eigenvalue weighted by atomic mass is 10.1. The Labute approximate surface area is 128 Å². The zero-order chi connectivity index (χ0) is 16.3. The first kappa shape index (κ1) is 16.0. The highest BCUT2D eigenvalue weighted by Crippen LogP contribution is 2.23. The number of benzene rings is 2. The van der Waals surface area contributed by atoms with Crippen molar-refractivity contribution in [3.63, 3.8) is 0 Å². The molecule has 0 aliphatic rings. The van der Waals surface area contributed by atoms with Crippen LogP contribution in [0.1, 0.15) is 21.5 Å². The van der Waals surface area contributed by atoms with Crippen LogP contribution in [0, 0.1) is 13.8 Å². The number of ether oxygens (including phenoxy) is 1. The van der Waals surface area contributed by atoms with Crippen LogP contribution in [0.5, 0.6) is 11.5 Å². The van der Waals surface area contributed by atoms with Crippen molar-refractivity contribution in [2.75, 3.05) is 0 Å². The molecule has 0 atom stereocenters. The molecule has 116 valence electrons. The maximum Gasteiger partial charge on any atom is 0.380 e. The lowest BCUT2D eigenvalue weighted by molar-refractivity contribution is 0.0733. The summed E-state index contributed by atoms with van der Waals surface area (Å²) in [5, 5.41) is 4.84. The molecule has 2 aromatic carbocycles. The lowest BCUT2D eigenvalue weighted by Crippen LogP contribution is -2.21. The van der Waals surface area contributed by atoms with E-state index in [0.29, 0.717) is 5.75 Å². The van der Waals surface area contributed by atoms with Gasteiger partial charge >= 0.3 is 16.3 Å². The molecular weight excluding hydrogens is 306 g/mol. The molecule has 0 saturated heterocycles. The molecule has 0 radical (unpaired) electrons. The van der Waals surface area contributed by atoms with Crippen LogP contribution in [-0.4, -0.2) is 14.4 Å². The Kier molecular flexibility index (Phi) is 4.48. The second kappa shape index (κ2) is 6.17. The Balaban J connectivity index is 2.31. The average molecular weight is 321 g/mol. The van der Waals surface area contributed by atoms with Gasteiger partial charge in [0.15, 0.2) is 5.75 Å². The largest absolute Gasteiger partial charge is 0.423 e. The summed E-state index contributed by atoms with van der Waals surface area (Å²) in [6.07, 6.45) is 0. The van der Waals surface area contributed by atoms with Crippen molar-refractivity contribution in [1.29, 1.82) is 0 Å². The summed E-state index contributed by atoms with van der Waals surface area (Å²) in [5.41, 5.74) is 1.75. The van der Waals surface area contributed by atoms with Gasteiger partial charge in [-0.3, -0.25) is 0 Å². The molecule has 0 aromatic heterocycles. The van der Waals surface area contributed by atoms with Crippen molar-refractivity contribution in [3.05, 3.63) is 59.2 Å². The fourth-order valence-electron chi connectivity index (χ4n) is 1.77. The molecule has 22 heavy (non-hydrogen) atoms. The molecule has 0 heterocycles. The number of carbonyl (C=O) groups excluding carboxylic acids is 1. The van der Waals surface area contributed by atoms with Gasteiger partial charge < -0.3 is 8.92 Å². The highest BCUT2D eigenvalue weighted by molar-refractivity contribution is 7.84. The standard InChI is InChI=1S/C15H15NO5S/c1-10-3-6-12(7-4-10)20-15(17)13-9-11(2)5-8-14(13)21-22(16,18)19/h3-9H,1-2H3,(H2,16,18,19). The highest BCUT2D eigenvalue weighted by atomic mass is 32.2. The molecule has 0 aliphatic carbocycles. The van der Waals surface area contributed by atoms with Crippen molar-refractivity contribution < 1.29 is 22.1 Å². The molecule has 0 unspecified atom stereocenters. The van der Waals surface area contributed by atoms with E-state index in [4.69, 9.17) is 9.88 Å². The van der Waals surface area contributed by atoms with Crippen LogP contribution < -0.4 is 14.1 Å². The Morgan fingerprint density at radius 1 is 1.00 bits per heavy atom. The number of nitrogens with two attached hydrogens (primary N) is 1. The van der Waals surface area contributed by atoms with Gasteiger partial charge in [0.05, 0.1) is 0 Å². The van der Waals surface area contributed by atoms with Crippen molar-refractivity contribution in [2.45, 2.75) is 13.8 Å². The van der Waals surface area contributed by atoms with Crippen LogP contribution in [0.4, 0.5) is 0 Å². The molecule has 2 rings (SSSR count). The average Bonchev–Trinajstić information content (AvgIpc) is 2.42. The van der Waals surface area contributed by atoms with Gasteiger partial charge in [0, 0.05) is 0 Å². The van der Waals surface area contributed by atoms with Gasteiger partial charge in [-0.25, -0.2) is 4.79 Å². The van der Waals surface area contributed by atoms with Crippen molar-refractivity contribution in [3.8, 4) is 11.5 Å². The van der Waals surface area contributed by atoms with E-state index < -0.39 is 16.3 Å². The summed E-state index contributed by atoms with van der Waals surface area (Å²) in [4.78, 5) is 12.2. The summed E-state index contributed by atoms with van der Waals surface area (Å²) in [7, 11) is -4.23. The summed E-state index contributed by atoms with van der Waals surface area (Å²) in [6.45, 7) is 3.66. The third-order valence-corrected chi connectivity index (χ3v) is 3.20. The van der Waals surface area contributed by atoms with Gasteiger partial charge in [0.2, 0.25) is 0 Å². The molecule has 0 fully saturated rings. The van der Waals surface area contributed by atoms with Gasteiger partial charge in [0.25, 0.3) is 0 Å². The van der Waals surface area contributed by atoms with E-state index in [-0.39, 0.29) is 11.3 Å². The second-order valence-corrected chi connectivity index (χ2v) is 5.93. The van der Waals surface area contributed by atoms with Gasteiger partial charge in [-0.15, -0.1) is 0 Å². The predicted octanol–water partition coefficient (Wildman–Crippen LogP) is 2.10. The van der Waals surface area contributed by atoms with Crippen molar-refractivity contribution in [1.82, 2.24) is 0 Å². The first-order chi connectivity index (χ1) is 10.2. The third-order valence-electron chi connectivity index (χ3n) is 2.79. The van der Waals surface area contributed by atoms with Crippen LogP contribution in [0.2, 0.25) is 0 Å². The quantitative estimate of drug-likeness (QED) is 0.687. The molecule has 7 heteroatoms. The maximum absolute atomic E-state index is 12.2. The Morgan fingerprint density at radius 3 is 2.18 bits per heavy atom. The van der Waals surface area contributed by atoms with Crippen LogP contribution >= 0.6 is 0 Å². The molecule has 0 aliphatic heterocycles. The molecular formula is C15H15NO5S. The molecule has 0 amide bonds. The minimum Gasteiger partial charge on any atom is -0.423 e. The Morgan fingerprint density at radius 2 is 1.59 bits per heavy atom. The predicted molar refractivity (Wildman–Crippen MR) is 81.1 cm³/mol. The Hall–Kier alpha value is -2.38. The van der Waals surface area contributed by atoms with Crippen molar-refractivity contribution in [2.24, 2.45) is 5.14 Å². The van der Waals surface area contributed by atoms with E-state index in [1.807, 2.05) is 6.92 Å². The molecule has 6 nitrogen and oxygen atoms in total. The second-order valence-electron chi connectivity index (χ2n) is 4.78. The monoisotopic (exact) mass is 321 g/mol. The summed E-state index contributed by atoms with van der Waals surface area (Å²) >= 11 is 0. The van der Waals surface area contributed by atoms with Crippen LogP contribution in [0.25, 0.3) is 0 Å². The fraction of sp³-hybridized carbons (Fsp3) is 0.133. The zero-order valence-electron chi connectivity index (χ0n) is 12.1. The van der Waals surface area contributed by atoms with E-state index in [2.05, 4.69) is 4.18 Å². The maximum atomic E-state index is 12.2. The first-order valence-corrected chi connectivity index (χ1v) is 7.83. The molecule has 0 saturated carbocycles. The minimum absolute atomic E-state index is 0.0189. The molecule has 0 bridgehead atoms. The van der Waals surface area contributed by atoms with E-state index in [1.165, 1.54) is 12.1 Å². The first-order valence-electron chi connectivity index (χ1n) is 6.36. The third kappa shape index (κ3) is 4.31. The van der Waals surface area contributed by atoms with E-state index in [1.54, 1.807) is 37.3 Å². The smallest absolute Gasteiger partial charge is 0.380 e. The Bertz CT molecular complexity index is 797. The van der Waals surface area contributed by atoms with Crippen LogP contribution in [-0.2, 0) is 10.3 Å². The number of rotatable bonds is 4. The SMILES string of the molecule is Cc1ccc(OC(=O)c2cc(C)ccc2OS(N)(=O)=O)cc1. The number of hydrogen-bond donors (Lipinski definition) is 1. The molecule has 0 spiro atoms. The van der Waals surface area contributed by atoms with E-state index >= 15 is 0 Å². The van der Waals surface area contributed by atoms with E-state index in [0.717, 1.165) is 11.1 Å². The minimum atomic E-state index is -4.23. The van der Waals surface area contributed by atoms with Crippen LogP contribution in [0.15, 0.2) is 42.5 Å². The topological polar surface area (TPSA) is 95.7 Å². The summed E-state index contributed by atoms with van der Waals surface area (Å²) in [6, 6.07) is 11.3. The van der Waals surface area contributed by atoms with Crippen molar-refractivity contribution >= 4 is 16.3 Å². The normalized spacial score (nSPS) is 11.0. The molecule has 2 aromatic rings. The summed E-state index contributed by atoms with van der Waals surface area (Å²) in [5.74, 6) is -0.560.